The van der Waals surface area contributed by atoms with Crippen molar-refractivity contribution in [3.8, 4) is 39.1 Å². The van der Waals surface area contributed by atoms with Crippen LogP contribution in [-0.2, 0) is 0 Å². The summed E-state index contributed by atoms with van der Waals surface area (Å²) < 4.78 is 2.44. The molecule has 0 aliphatic heterocycles. The molecule has 2 nitrogen and oxygen atoms in total. The van der Waals surface area contributed by atoms with Crippen LogP contribution in [0.1, 0.15) is 0 Å². The standard InChI is InChI=1S/C60H40N2/c1-3-13-41(14-4-1)47-26-25-45-17-11-23-52(57(45)39-47)46-29-35-51(36-30-46)61(58-24-12-18-43-15-7-9-21-53(43)58)50-33-27-42(28-34-50)48-32-37-55-56-38-31-44-16-8-10-22-54(44)60(56)62(59(55)40-48)49-19-5-2-6-20-49/h1-40H. The molecule has 2 heteroatoms. The van der Waals surface area contributed by atoms with Crippen LogP contribution in [0.4, 0.5) is 17.1 Å². The number of fused-ring (bicyclic) bond motifs is 7. The Morgan fingerprint density at radius 3 is 1.56 bits per heavy atom. The Balaban J connectivity index is 0.963. The SMILES string of the molecule is c1ccc(-c2ccc3cccc(-c4ccc(N(c5ccc(-c6ccc7c8ccc9ccccc9c8n(-c8ccccc8)c7c6)cc5)c5cccc6ccccc56)cc4)c3c2)cc1. The van der Waals surface area contributed by atoms with Crippen LogP contribution in [0.2, 0.25) is 0 Å². The Labute approximate surface area is 360 Å². The normalized spacial score (nSPS) is 11.5. The maximum Gasteiger partial charge on any atom is 0.0619 e. The van der Waals surface area contributed by atoms with Gasteiger partial charge in [-0.25, -0.2) is 0 Å². The van der Waals surface area contributed by atoms with Crippen molar-refractivity contribution >= 4 is 71.2 Å². The van der Waals surface area contributed by atoms with Gasteiger partial charge in [0.15, 0.2) is 0 Å². The number of hydrogen-bond acceptors (Lipinski definition) is 1. The Hall–Kier alpha value is -8.20. The van der Waals surface area contributed by atoms with Gasteiger partial charge >= 0.3 is 0 Å². The Morgan fingerprint density at radius 1 is 0.290 bits per heavy atom. The molecule has 0 unspecified atom stereocenters. The molecule has 0 saturated carbocycles. The first-order valence-corrected chi connectivity index (χ1v) is 21.3. The molecule has 62 heavy (non-hydrogen) atoms. The van der Waals surface area contributed by atoms with E-state index in [2.05, 4.69) is 252 Å². The average Bonchev–Trinajstić information content (AvgIpc) is 3.69. The van der Waals surface area contributed by atoms with E-state index < -0.39 is 0 Å². The van der Waals surface area contributed by atoms with Crippen LogP contribution in [0.5, 0.6) is 0 Å². The molecule has 1 heterocycles. The summed E-state index contributed by atoms with van der Waals surface area (Å²) >= 11 is 0. The van der Waals surface area contributed by atoms with Crippen LogP contribution in [0.15, 0.2) is 243 Å². The first-order valence-electron chi connectivity index (χ1n) is 21.3. The highest BCUT2D eigenvalue weighted by atomic mass is 15.1. The van der Waals surface area contributed by atoms with E-state index in [1.54, 1.807) is 0 Å². The maximum absolute atomic E-state index is 2.44. The fraction of sp³-hybridized carbons (Fsp3) is 0. The van der Waals surface area contributed by atoms with E-state index in [4.69, 9.17) is 0 Å². The van der Waals surface area contributed by atoms with Gasteiger partial charge in [-0.3, -0.25) is 0 Å². The van der Waals surface area contributed by atoms with E-state index in [0.29, 0.717) is 0 Å². The molecule has 0 fully saturated rings. The second kappa shape index (κ2) is 14.8. The molecule has 0 saturated heterocycles. The Morgan fingerprint density at radius 2 is 0.806 bits per heavy atom. The van der Waals surface area contributed by atoms with Gasteiger partial charge in [-0.2, -0.15) is 0 Å². The predicted octanol–water partition coefficient (Wildman–Crippen LogP) is 16.7. The highest BCUT2D eigenvalue weighted by Gasteiger charge is 2.19. The highest BCUT2D eigenvalue weighted by Crippen LogP contribution is 2.42. The second-order valence-corrected chi connectivity index (χ2v) is 16.1. The topological polar surface area (TPSA) is 8.17 Å². The minimum absolute atomic E-state index is 1.10. The van der Waals surface area contributed by atoms with Gasteiger partial charge in [-0.15, -0.1) is 0 Å². The van der Waals surface area contributed by atoms with Crippen molar-refractivity contribution < 1.29 is 0 Å². The van der Waals surface area contributed by atoms with Crippen LogP contribution in [0, 0.1) is 0 Å². The first-order chi connectivity index (χ1) is 30.7. The van der Waals surface area contributed by atoms with Crippen molar-refractivity contribution in [3.63, 3.8) is 0 Å². The first kappa shape index (κ1) is 35.7. The lowest BCUT2D eigenvalue weighted by molar-refractivity contribution is 1.19. The Bertz CT molecular complexity index is 3600. The number of anilines is 3. The summed E-state index contributed by atoms with van der Waals surface area (Å²) in [5.41, 5.74) is 14.1. The highest BCUT2D eigenvalue weighted by molar-refractivity contribution is 6.19. The zero-order valence-corrected chi connectivity index (χ0v) is 34.0. The van der Waals surface area contributed by atoms with Gasteiger partial charge < -0.3 is 9.47 Å². The summed E-state index contributed by atoms with van der Waals surface area (Å²) in [6.45, 7) is 0. The van der Waals surface area contributed by atoms with Crippen LogP contribution < -0.4 is 4.90 Å². The minimum atomic E-state index is 1.10. The van der Waals surface area contributed by atoms with Crippen molar-refractivity contribution in [1.29, 1.82) is 0 Å². The van der Waals surface area contributed by atoms with E-state index in [9.17, 15) is 0 Å². The molecule has 12 aromatic rings. The van der Waals surface area contributed by atoms with Gasteiger partial charge in [0.2, 0.25) is 0 Å². The van der Waals surface area contributed by atoms with Crippen molar-refractivity contribution in [2.24, 2.45) is 0 Å². The van der Waals surface area contributed by atoms with Crippen molar-refractivity contribution in [2.75, 3.05) is 4.90 Å². The van der Waals surface area contributed by atoms with Crippen LogP contribution in [0.3, 0.4) is 0 Å². The lowest BCUT2D eigenvalue weighted by Gasteiger charge is -2.27. The summed E-state index contributed by atoms with van der Waals surface area (Å²) in [4.78, 5) is 2.40. The summed E-state index contributed by atoms with van der Waals surface area (Å²) in [6, 6.07) is 88.4. The molecule has 0 N–H and O–H groups in total. The van der Waals surface area contributed by atoms with Gasteiger partial charge in [0.25, 0.3) is 0 Å². The van der Waals surface area contributed by atoms with Crippen molar-refractivity contribution in [1.82, 2.24) is 4.57 Å². The monoisotopic (exact) mass is 788 g/mol. The Kier molecular flexibility index (Phi) is 8.53. The molecule has 0 radical (unpaired) electrons. The fourth-order valence-electron chi connectivity index (χ4n) is 9.56. The minimum Gasteiger partial charge on any atom is -0.310 e. The van der Waals surface area contributed by atoms with Gasteiger partial charge in [0, 0.05) is 38.6 Å². The van der Waals surface area contributed by atoms with Gasteiger partial charge in [0.05, 0.1) is 16.7 Å². The number of benzene rings is 11. The molecule has 290 valence electrons. The van der Waals surface area contributed by atoms with Gasteiger partial charge in [-0.1, -0.05) is 188 Å². The number of para-hydroxylation sites is 1. The van der Waals surface area contributed by atoms with Crippen molar-refractivity contribution in [3.05, 3.63) is 243 Å². The van der Waals surface area contributed by atoms with Crippen LogP contribution in [0.25, 0.3) is 93.2 Å². The van der Waals surface area contributed by atoms with Crippen molar-refractivity contribution in [2.45, 2.75) is 0 Å². The zero-order valence-electron chi connectivity index (χ0n) is 34.0. The molecular weight excluding hydrogens is 749 g/mol. The summed E-state index contributed by atoms with van der Waals surface area (Å²) in [5, 5.41) is 9.91. The lowest BCUT2D eigenvalue weighted by atomic mass is 9.94. The smallest absolute Gasteiger partial charge is 0.0619 e. The number of rotatable bonds is 7. The molecule has 0 bridgehead atoms. The average molecular weight is 789 g/mol. The van der Waals surface area contributed by atoms with Crippen LogP contribution >= 0.6 is 0 Å². The lowest BCUT2D eigenvalue weighted by Crippen LogP contribution is -2.10. The van der Waals surface area contributed by atoms with Gasteiger partial charge in [0.1, 0.15) is 0 Å². The second-order valence-electron chi connectivity index (χ2n) is 16.1. The van der Waals surface area contributed by atoms with E-state index in [1.165, 1.54) is 87.5 Å². The molecule has 11 aromatic carbocycles. The third-order valence-electron chi connectivity index (χ3n) is 12.6. The van der Waals surface area contributed by atoms with E-state index in [0.717, 1.165) is 22.7 Å². The quantitative estimate of drug-likeness (QED) is 0.156. The summed E-state index contributed by atoms with van der Waals surface area (Å²) in [7, 11) is 0. The maximum atomic E-state index is 2.44. The fourth-order valence-corrected chi connectivity index (χ4v) is 9.56. The molecule has 0 aliphatic carbocycles. The number of aromatic nitrogens is 1. The van der Waals surface area contributed by atoms with Crippen LogP contribution in [-0.4, -0.2) is 4.57 Å². The molecule has 0 atom stereocenters. The van der Waals surface area contributed by atoms with E-state index in [1.807, 2.05) is 0 Å². The molecule has 0 aliphatic rings. The molecule has 0 spiro atoms. The predicted molar refractivity (Wildman–Crippen MR) is 264 cm³/mol. The third-order valence-corrected chi connectivity index (χ3v) is 12.6. The zero-order chi connectivity index (χ0) is 41.0. The molecule has 12 rings (SSSR count). The molecular formula is C60H40N2. The largest absolute Gasteiger partial charge is 0.310 e. The molecule has 1 aromatic heterocycles. The number of nitrogens with zero attached hydrogens (tertiary/aromatic N) is 2. The number of hydrogen-bond donors (Lipinski definition) is 0. The van der Waals surface area contributed by atoms with E-state index in [-0.39, 0.29) is 0 Å². The van der Waals surface area contributed by atoms with E-state index >= 15 is 0 Å². The van der Waals surface area contributed by atoms with Gasteiger partial charge in [-0.05, 0) is 110 Å². The molecule has 0 amide bonds. The summed E-state index contributed by atoms with van der Waals surface area (Å²) in [5.74, 6) is 0. The third kappa shape index (κ3) is 6.04. The summed E-state index contributed by atoms with van der Waals surface area (Å²) in [6.07, 6.45) is 0.